The van der Waals surface area contributed by atoms with Gasteiger partial charge in [-0.3, -0.25) is 4.79 Å². The molecule has 0 saturated carbocycles. The highest BCUT2D eigenvalue weighted by Crippen LogP contribution is 2.32. The van der Waals surface area contributed by atoms with Crippen molar-refractivity contribution in [3.63, 3.8) is 0 Å². The molecule has 1 N–H and O–H groups in total. The van der Waals surface area contributed by atoms with Crippen LogP contribution in [0.2, 0.25) is 0 Å². The molecule has 2 nitrogen and oxygen atoms in total. The van der Waals surface area contributed by atoms with Crippen LogP contribution in [-0.4, -0.2) is 17.8 Å². The minimum Gasteiger partial charge on any atom is -0.349 e. The van der Waals surface area contributed by atoms with Crippen LogP contribution in [0.15, 0.2) is 18.2 Å². The molecular formula is C13H14ClF4NO. The molecule has 0 radical (unpaired) electrons. The minimum absolute atomic E-state index is 0.296. The molecule has 0 bridgehead atoms. The van der Waals surface area contributed by atoms with E-state index in [1.165, 1.54) is 0 Å². The number of hydrogen-bond donors (Lipinski definition) is 1. The van der Waals surface area contributed by atoms with Gasteiger partial charge in [0, 0.05) is 11.9 Å². The molecular weight excluding hydrogens is 298 g/mol. The highest BCUT2D eigenvalue weighted by Gasteiger charge is 2.35. The molecule has 0 fully saturated rings. The predicted octanol–water partition coefficient (Wildman–Crippen LogP) is 3.98. The first-order valence-electron chi connectivity index (χ1n) is 6.00. The molecule has 0 heterocycles. The summed E-state index contributed by atoms with van der Waals surface area (Å²) in [6, 6.07) is 2.33. The van der Waals surface area contributed by atoms with Gasteiger partial charge in [-0.1, -0.05) is 6.07 Å². The van der Waals surface area contributed by atoms with E-state index in [9.17, 15) is 22.4 Å². The van der Waals surface area contributed by atoms with Crippen molar-refractivity contribution in [3.8, 4) is 0 Å². The fourth-order valence-corrected chi connectivity index (χ4v) is 1.84. The van der Waals surface area contributed by atoms with Crippen molar-refractivity contribution in [2.24, 2.45) is 0 Å². The Labute approximate surface area is 119 Å². The van der Waals surface area contributed by atoms with Crippen LogP contribution in [0.3, 0.4) is 0 Å². The highest BCUT2D eigenvalue weighted by molar-refractivity contribution is 6.17. The Morgan fingerprint density at radius 2 is 2.05 bits per heavy atom. The number of rotatable bonds is 5. The van der Waals surface area contributed by atoms with Gasteiger partial charge in [-0.05, 0) is 31.9 Å². The molecule has 1 rings (SSSR count). The molecule has 0 aliphatic carbocycles. The second-order valence-electron chi connectivity index (χ2n) is 4.37. The van der Waals surface area contributed by atoms with Crippen LogP contribution in [0, 0.1) is 5.82 Å². The van der Waals surface area contributed by atoms with Crippen molar-refractivity contribution >= 4 is 17.5 Å². The van der Waals surface area contributed by atoms with Gasteiger partial charge in [-0.25, -0.2) is 4.39 Å². The zero-order valence-corrected chi connectivity index (χ0v) is 11.5. The van der Waals surface area contributed by atoms with Gasteiger partial charge in [-0.2, -0.15) is 13.2 Å². The first-order valence-corrected chi connectivity index (χ1v) is 6.53. The van der Waals surface area contributed by atoms with Gasteiger partial charge in [0.1, 0.15) is 5.82 Å². The Balaban J connectivity index is 2.89. The third-order valence-electron chi connectivity index (χ3n) is 2.70. The Kier molecular flexibility index (Phi) is 5.80. The second-order valence-corrected chi connectivity index (χ2v) is 4.75. The molecule has 1 atom stereocenters. The van der Waals surface area contributed by atoms with Gasteiger partial charge in [0.15, 0.2) is 0 Å². The minimum atomic E-state index is -4.83. The quantitative estimate of drug-likeness (QED) is 0.647. The highest BCUT2D eigenvalue weighted by atomic mass is 35.5. The Bertz CT molecular complexity index is 476. The third-order valence-corrected chi connectivity index (χ3v) is 2.96. The molecule has 0 saturated heterocycles. The third kappa shape index (κ3) is 4.37. The maximum atomic E-state index is 13.7. The lowest BCUT2D eigenvalue weighted by Gasteiger charge is -2.15. The van der Waals surface area contributed by atoms with Crippen molar-refractivity contribution in [1.82, 2.24) is 5.32 Å². The molecule has 1 unspecified atom stereocenters. The smallest absolute Gasteiger partial charge is 0.349 e. The van der Waals surface area contributed by atoms with Crippen LogP contribution < -0.4 is 5.32 Å². The van der Waals surface area contributed by atoms with Crippen molar-refractivity contribution < 1.29 is 22.4 Å². The largest absolute Gasteiger partial charge is 0.419 e. The monoisotopic (exact) mass is 311 g/mol. The summed E-state index contributed by atoms with van der Waals surface area (Å²) < 4.78 is 51.3. The number of amides is 1. The molecule has 0 aromatic heterocycles. The van der Waals surface area contributed by atoms with E-state index in [0.29, 0.717) is 24.8 Å². The van der Waals surface area contributed by atoms with E-state index in [1.54, 1.807) is 6.92 Å². The summed E-state index contributed by atoms with van der Waals surface area (Å²) in [4.78, 5) is 11.8. The fraction of sp³-hybridized carbons (Fsp3) is 0.462. The van der Waals surface area contributed by atoms with Crippen molar-refractivity contribution in [2.75, 3.05) is 5.88 Å². The summed E-state index contributed by atoms with van der Waals surface area (Å²) in [5, 5.41) is 2.45. The van der Waals surface area contributed by atoms with Gasteiger partial charge in [0.2, 0.25) is 0 Å². The van der Waals surface area contributed by atoms with Crippen LogP contribution in [0.4, 0.5) is 17.6 Å². The zero-order valence-electron chi connectivity index (χ0n) is 10.7. The van der Waals surface area contributed by atoms with Crippen LogP contribution in [0.25, 0.3) is 0 Å². The van der Waals surface area contributed by atoms with E-state index in [4.69, 9.17) is 11.6 Å². The Morgan fingerprint density at radius 1 is 1.40 bits per heavy atom. The molecule has 1 aromatic carbocycles. The molecule has 0 spiro atoms. The summed E-state index contributed by atoms with van der Waals surface area (Å²) in [6.07, 6.45) is -3.62. The molecule has 7 heteroatoms. The van der Waals surface area contributed by atoms with Gasteiger partial charge in [0.05, 0.1) is 11.1 Å². The molecule has 0 aliphatic rings. The summed E-state index contributed by atoms with van der Waals surface area (Å²) in [7, 11) is 0. The van der Waals surface area contributed by atoms with Gasteiger partial charge in [0.25, 0.3) is 5.91 Å². The van der Waals surface area contributed by atoms with E-state index in [1.807, 2.05) is 0 Å². The average molecular weight is 312 g/mol. The first kappa shape index (κ1) is 16.8. The lowest BCUT2D eigenvalue weighted by atomic mass is 10.1. The lowest BCUT2D eigenvalue weighted by molar-refractivity contribution is -0.140. The zero-order chi connectivity index (χ0) is 15.3. The molecule has 112 valence electrons. The van der Waals surface area contributed by atoms with Crippen LogP contribution in [0.1, 0.15) is 35.7 Å². The number of hydrogen-bond acceptors (Lipinski definition) is 1. The fourth-order valence-electron chi connectivity index (χ4n) is 1.68. The number of carbonyl (C=O) groups is 1. The Hall–Kier alpha value is -1.30. The number of alkyl halides is 4. The predicted molar refractivity (Wildman–Crippen MR) is 68.3 cm³/mol. The van der Waals surface area contributed by atoms with Crippen molar-refractivity contribution in [3.05, 3.63) is 35.1 Å². The lowest BCUT2D eigenvalue weighted by Crippen LogP contribution is -2.33. The van der Waals surface area contributed by atoms with Crippen molar-refractivity contribution in [2.45, 2.75) is 32.0 Å². The molecule has 1 aromatic rings. The maximum Gasteiger partial charge on any atom is 0.419 e. The average Bonchev–Trinajstić information content (AvgIpc) is 2.35. The Morgan fingerprint density at radius 3 is 2.60 bits per heavy atom. The summed E-state index contributed by atoms with van der Waals surface area (Å²) in [5.74, 6) is -2.00. The summed E-state index contributed by atoms with van der Waals surface area (Å²) in [5.41, 5.74) is -2.06. The van der Waals surface area contributed by atoms with Crippen LogP contribution >= 0.6 is 11.6 Å². The number of nitrogens with one attached hydrogen (secondary N) is 1. The summed E-state index contributed by atoms with van der Waals surface area (Å²) >= 11 is 5.50. The normalized spacial score (nSPS) is 13.1. The summed E-state index contributed by atoms with van der Waals surface area (Å²) in [6.45, 7) is 1.68. The number of carbonyl (C=O) groups excluding carboxylic acids is 1. The number of halogens is 5. The van der Waals surface area contributed by atoms with Crippen molar-refractivity contribution in [1.29, 1.82) is 0 Å². The van der Waals surface area contributed by atoms with Gasteiger partial charge < -0.3 is 5.32 Å². The molecule has 0 aliphatic heterocycles. The SMILES string of the molecule is CC(CCCCl)NC(=O)c1cccc(C(F)(F)F)c1F. The standard InChI is InChI=1S/C13H14ClF4NO/c1-8(4-3-7-14)19-12(20)9-5-2-6-10(11(9)15)13(16,17)18/h2,5-6,8H,3-4,7H2,1H3,(H,19,20). The van der Waals surface area contributed by atoms with Crippen LogP contribution in [-0.2, 0) is 6.18 Å². The van der Waals surface area contributed by atoms with Crippen LogP contribution in [0.5, 0.6) is 0 Å². The van der Waals surface area contributed by atoms with E-state index in [0.717, 1.165) is 12.1 Å². The maximum absolute atomic E-state index is 13.7. The van der Waals surface area contributed by atoms with Gasteiger partial charge in [-0.15, -0.1) is 11.6 Å². The second kappa shape index (κ2) is 6.92. The van der Waals surface area contributed by atoms with E-state index in [2.05, 4.69) is 5.32 Å². The molecule has 1 amide bonds. The molecule has 20 heavy (non-hydrogen) atoms. The number of benzene rings is 1. The van der Waals surface area contributed by atoms with E-state index < -0.39 is 29.0 Å². The van der Waals surface area contributed by atoms with Gasteiger partial charge >= 0.3 is 6.18 Å². The van der Waals surface area contributed by atoms with E-state index >= 15 is 0 Å². The first-order chi connectivity index (χ1) is 9.27. The topological polar surface area (TPSA) is 29.1 Å². The van der Waals surface area contributed by atoms with E-state index in [-0.39, 0.29) is 6.04 Å².